The molecule has 29 heavy (non-hydrogen) atoms. The van der Waals surface area contributed by atoms with E-state index < -0.39 is 0 Å². The topological polar surface area (TPSA) is 27.1 Å². The quantitative estimate of drug-likeness (QED) is 0.296. The maximum Gasteiger partial charge on any atom is 0.153 e. The lowest BCUT2D eigenvalue weighted by atomic mass is 10.1. The molecule has 3 heteroatoms. The molecule has 0 spiro atoms. The molecule has 0 aliphatic rings. The van der Waals surface area contributed by atoms with Crippen LogP contribution in [0.5, 0.6) is 5.75 Å². The molecule has 1 heterocycles. The van der Waals surface area contributed by atoms with Crippen LogP contribution in [0.1, 0.15) is 82.7 Å². The average Bonchev–Trinajstić information content (AvgIpc) is 3.09. The molecule has 0 fully saturated rings. The van der Waals surface area contributed by atoms with Gasteiger partial charge in [0.05, 0.1) is 11.0 Å². The molecule has 3 rings (SSSR count). The summed E-state index contributed by atoms with van der Waals surface area (Å²) in [7, 11) is 0. The van der Waals surface area contributed by atoms with Crippen molar-refractivity contribution in [3.05, 3.63) is 59.9 Å². The SMILES string of the molecule is CCCCCCCCCCn1c(C(C)Oc2cccc(C)c2)nc2ccccc21. The Bertz CT molecular complexity index is 883. The number of benzene rings is 2. The van der Waals surface area contributed by atoms with Gasteiger partial charge in [0, 0.05) is 6.54 Å². The van der Waals surface area contributed by atoms with Crippen molar-refractivity contribution >= 4 is 11.0 Å². The van der Waals surface area contributed by atoms with E-state index >= 15 is 0 Å². The summed E-state index contributed by atoms with van der Waals surface area (Å²) in [5.74, 6) is 1.93. The van der Waals surface area contributed by atoms with Gasteiger partial charge in [-0.25, -0.2) is 4.98 Å². The van der Waals surface area contributed by atoms with E-state index in [4.69, 9.17) is 9.72 Å². The first-order valence-corrected chi connectivity index (χ1v) is 11.4. The number of unbranched alkanes of at least 4 members (excludes halogenated alkanes) is 7. The molecule has 0 aliphatic heterocycles. The molecule has 3 aromatic rings. The highest BCUT2D eigenvalue weighted by Crippen LogP contribution is 2.26. The molecule has 0 amide bonds. The minimum atomic E-state index is -0.0850. The summed E-state index contributed by atoms with van der Waals surface area (Å²) in [6.07, 6.45) is 10.6. The van der Waals surface area contributed by atoms with Crippen LogP contribution in [-0.4, -0.2) is 9.55 Å². The first-order valence-electron chi connectivity index (χ1n) is 11.4. The van der Waals surface area contributed by atoms with Crippen molar-refractivity contribution in [3.8, 4) is 5.75 Å². The summed E-state index contributed by atoms with van der Waals surface area (Å²) in [5, 5.41) is 0. The number of aryl methyl sites for hydroxylation is 2. The Kier molecular flexibility index (Phi) is 8.15. The van der Waals surface area contributed by atoms with Crippen LogP contribution in [0.2, 0.25) is 0 Å². The van der Waals surface area contributed by atoms with Crippen molar-refractivity contribution in [1.29, 1.82) is 0 Å². The van der Waals surface area contributed by atoms with Gasteiger partial charge in [0.1, 0.15) is 5.75 Å². The van der Waals surface area contributed by atoms with E-state index in [0.717, 1.165) is 23.6 Å². The van der Waals surface area contributed by atoms with E-state index in [1.54, 1.807) is 0 Å². The second-order valence-electron chi connectivity index (χ2n) is 8.16. The Hall–Kier alpha value is -2.29. The highest BCUT2D eigenvalue weighted by Gasteiger charge is 2.18. The standard InChI is InChI=1S/C26H36N2O/c1-4-5-6-7-8-9-10-13-19-28-25-18-12-11-17-24(25)27-26(28)22(3)29-23-16-14-15-21(2)20-23/h11-12,14-18,20,22H,4-10,13,19H2,1-3H3. The van der Waals surface area contributed by atoms with Gasteiger partial charge in [0.25, 0.3) is 0 Å². The molecule has 3 nitrogen and oxygen atoms in total. The number of hydrogen-bond donors (Lipinski definition) is 0. The maximum absolute atomic E-state index is 6.25. The van der Waals surface area contributed by atoms with Gasteiger partial charge >= 0.3 is 0 Å². The van der Waals surface area contributed by atoms with E-state index in [2.05, 4.69) is 61.7 Å². The van der Waals surface area contributed by atoms with Crippen molar-refractivity contribution in [3.63, 3.8) is 0 Å². The summed E-state index contributed by atoms with van der Waals surface area (Å²) >= 11 is 0. The lowest BCUT2D eigenvalue weighted by molar-refractivity contribution is 0.211. The lowest BCUT2D eigenvalue weighted by Gasteiger charge is -2.17. The molecule has 0 saturated heterocycles. The van der Waals surface area contributed by atoms with Gasteiger partial charge in [0.15, 0.2) is 11.9 Å². The van der Waals surface area contributed by atoms with Crippen LogP contribution < -0.4 is 4.74 Å². The molecule has 0 saturated carbocycles. The molecule has 0 aliphatic carbocycles. The van der Waals surface area contributed by atoms with Crippen molar-refractivity contribution < 1.29 is 4.74 Å². The molecule has 1 unspecified atom stereocenters. The third-order valence-corrected chi connectivity index (χ3v) is 5.59. The highest BCUT2D eigenvalue weighted by atomic mass is 16.5. The van der Waals surface area contributed by atoms with Gasteiger partial charge in [-0.05, 0) is 50.1 Å². The van der Waals surface area contributed by atoms with Crippen LogP contribution in [0.3, 0.4) is 0 Å². The number of para-hydroxylation sites is 2. The molecular weight excluding hydrogens is 356 g/mol. The van der Waals surface area contributed by atoms with E-state index in [0.29, 0.717) is 0 Å². The third-order valence-electron chi connectivity index (χ3n) is 5.59. The Labute approximate surface area is 176 Å². The Morgan fingerprint density at radius 2 is 1.62 bits per heavy atom. The van der Waals surface area contributed by atoms with Gasteiger partial charge in [0.2, 0.25) is 0 Å². The predicted molar refractivity (Wildman–Crippen MR) is 123 cm³/mol. The first-order chi connectivity index (χ1) is 14.2. The van der Waals surface area contributed by atoms with Crippen LogP contribution in [-0.2, 0) is 6.54 Å². The molecule has 1 aromatic heterocycles. The monoisotopic (exact) mass is 392 g/mol. The number of nitrogens with zero attached hydrogens (tertiary/aromatic N) is 2. The largest absolute Gasteiger partial charge is 0.483 e. The maximum atomic E-state index is 6.25. The van der Waals surface area contributed by atoms with Crippen LogP contribution in [0.15, 0.2) is 48.5 Å². The molecule has 0 bridgehead atoms. The van der Waals surface area contributed by atoms with Crippen LogP contribution >= 0.6 is 0 Å². The van der Waals surface area contributed by atoms with E-state index in [9.17, 15) is 0 Å². The van der Waals surface area contributed by atoms with E-state index in [1.165, 1.54) is 62.4 Å². The molecular formula is C26H36N2O. The molecule has 156 valence electrons. The number of hydrogen-bond acceptors (Lipinski definition) is 2. The Morgan fingerprint density at radius 1 is 0.897 bits per heavy atom. The second-order valence-corrected chi connectivity index (χ2v) is 8.16. The zero-order valence-corrected chi connectivity index (χ0v) is 18.4. The summed E-state index contributed by atoms with van der Waals surface area (Å²) in [6, 6.07) is 16.7. The Balaban J connectivity index is 1.64. The first kappa shape index (κ1) is 21.4. The fourth-order valence-corrected chi connectivity index (χ4v) is 3.99. The van der Waals surface area contributed by atoms with E-state index in [-0.39, 0.29) is 6.10 Å². The molecule has 0 N–H and O–H groups in total. The summed E-state index contributed by atoms with van der Waals surface area (Å²) < 4.78 is 8.62. The van der Waals surface area contributed by atoms with E-state index in [1.807, 2.05) is 12.1 Å². The lowest BCUT2D eigenvalue weighted by Crippen LogP contribution is -2.12. The van der Waals surface area contributed by atoms with Crippen LogP contribution in [0, 0.1) is 6.92 Å². The summed E-state index contributed by atoms with van der Waals surface area (Å²) in [5.41, 5.74) is 3.48. The molecule has 1 atom stereocenters. The van der Waals surface area contributed by atoms with Gasteiger partial charge in [-0.15, -0.1) is 0 Å². The van der Waals surface area contributed by atoms with Gasteiger partial charge in [-0.2, -0.15) is 0 Å². The number of ether oxygens (including phenoxy) is 1. The Morgan fingerprint density at radius 3 is 2.38 bits per heavy atom. The zero-order valence-electron chi connectivity index (χ0n) is 18.4. The zero-order chi connectivity index (χ0) is 20.5. The van der Waals surface area contributed by atoms with Crippen molar-refractivity contribution in [1.82, 2.24) is 9.55 Å². The van der Waals surface area contributed by atoms with Crippen molar-refractivity contribution in [2.75, 3.05) is 0 Å². The fourth-order valence-electron chi connectivity index (χ4n) is 3.99. The van der Waals surface area contributed by atoms with Crippen molar-refractivity contribution in [2.24, 2.45) is 0 Å². The van der Waals surface area contributed by atoms with Gasteiger partial charge in [-0.1, -0.05) is 76.1 Å². The van der Waals surface area contributed by atoms with Crippen molar-refractivity contribution in [2.45, 2.75) is 84.8 Å². The number of fused-ring (bicyclic) bond motifs is 1. The summed E-state index contributed by atoms with van der Waals surface area (Å²) in [6.45, 7) is 7.48. The predicted octanol–water partition coefficient (Wildman–Crippen LogP) is 7.63. The van der Waals surface area contributed by atoms with Gasteiger partial charge in [-0.3, -0.25) is 0 Å². The molecule has 0 radical (unpaired) electrons. The number of imidazole rings is 1. The minimum absolute atomic E-state index is 0.0850. The van der Waals surface area contributed by atoms with Gasteiger partial charge < -0.3 is 9.30 Å². The number of rotatable bonds is 12. The molecule has 2 aromatic carbocycles. The summed E-state index contributed by atoms with van der Waals surface area (Å²) in [4.78, 5) is 4.92. The third kappa shape index (κ3) is 6.09. The number of aromatic nitrogens is 2. The van der Waals surface area contributed by atoms with Crippen LogP contribution in [0.4, 0.5) is 0 Å². The highest BCUT2D eigenvalue weighted by molar-refractivity contribution is 5.76. The van der Waals surface area contributed by atoms with Crippen LogP contribution in [0.25, 0.3) is 11.0 Å². The average molecular weight is 393 g/mol. The fraction of sp³-hybridized carbons (Fsp3) is 0.500. The minimum Gasteiger partial charge on any atom is -0.483 e. The normalized spacial score (nSPS) is 12.4. The second kappa shape index (κ2) is 11.0. The smallest absolute Gasteiger partial charge is 0.153 e.